The first-order chi connectivity index (χ1) is 7.63. The minimum absolute atomic E-state index is 0.256. The van der Waals surface area contributed by atoms with Crippen LogP contribution in [0.5, 0.6) is 0 Å². The van der Waals surface area contributed by atoms with Gasteiger partial charge in [0, 0.05) is 39.3 Å². The summed E-state index contributed by atoms with van der Waals surface area (Å²) < 4.78 is 0. The molecule has 0 aromatic carbocycles. The Bertz CT molecular complexity index is 214. The van der Waals surface area contributed by atoms with Crippen LogP contribution < -0.4 is 5.32 Å². The molecule has 0 bridgehead atoms. The molecule has 1 fully saturated rings. The summed E-state index contributed by atoms with van der Waals surface area (Å²) in [4.78, 5) is 18.2. The molecule has 0 aliphatic carbocycles. The molecule has 1 amide bonds. The van der Waals surface area contributed by atoms with E-state index in [1.165, 1.54) is 0 Å². The normalized spacial score (nSPS) is 18.1. The van der Waals surface area contributed by atoms with Gasteiger partial charge in [-0.2, -0.15) is 0 Å². The Morgan fingerprint density at radius 3 is 2.50 bits per heavy atom. The Balaban J connectivity index is 2.23. The zero-order chi connectivity index (χ0) is 12.0. The Kier molecular flexibility index (Phi) is 5.73. The maximum Gasteiger partial charge on any atom is 0.236 e. The van der Waals surface area contributed by atoms with Crippen LogP contribution in [0.2, 0.25) is 0 Å². The fourth-order valence-corrected chi connectivity index (χ4v) is 1.77. The third-order valence-corrected chi connectivity index (χ3v) is 3.00. The molecule has 0 aromatic rings. The molecule has 0 saturated carbocycles. The number of hydrogen-bond donors (Lipinski definition) is 1. The average molecular weight is 228 g/mol. The van der Waals surface area contributed by atoms with Crippen LogP contribution in [0.4, 0.5) is 0 Å². The average Bonchev–Trinajstić information content (AvgIpc) is 2.27. The molecule has 0 aromatic heterocycles. The van der Waals surface area contributed by atoms with Gasteiger partial charge in [0.2, 0.25) is 5.91 Å². The number of likely N-dealkylation sites (N-methyl/N-ethyl adjacent to an activating group) is 3. The van der Waals surface area contributed by atoms with E-state index in [4.69, 9.17) is 0 Å². The van der Waals surface area contributed by atoms with Gasteiger partial charge in [-0.25, -0.2) is 0 Å². The standard InChI is InChI=1S/C11H24N4O/c1-12-4-5-14(3)10-11(16)15-8-6-13(2)7-9-15/h12H,4-10H2,1-3H3. The lowest BCUT2D eigenvalue weighted by Gasteiger charge is -2.33. The van der Waals surface area contributed by atoms with E-state index in [-0.39, 0.29) is 5.91 Å². The molecule has 1 saturated heterocycles. The van der Waals surface area contributed by atoms with E-state index in [1.807, 2.05) is 19.0 Å². The van der Waals surface area contributed by atoms with Gasteiger partial charge in [0.15, 0.2) is 0 Å². The first-order valence-corrected chi connectivity index (χ1v) is 5.93. The van der Waals surface area contributed by atoms with Crippen molar-refractivity contribution in [3.63, 3.8) is 0 Å². The smallest absolute Gasteiger partial charge is 0.236 e. The molecular formula is C11H24N4O. The predicted molar refractivity (Wildman–Crippen MR) is 65.5 cm³/mol. The van der Waals surface area contributed by atoms with Gasteiger partial charge in [0.1, 0.15) is 0 Å². The fraction of sp³-hybridized carbons (Fsp3) is 0.909. The highest BCUT2D eigenvalue weighted by molar-refractivity contribution is 5.78. The van der Waals surface area contributed by atoms with Gasteiger partial charge in [-0.15, -0.1) is 0 Å². The van der Waals surface area contributed by atoms with Crippen LogP contribution in [0, 0.1) is 0 Å². The highest BCUT2D eigenvalue weighted by atomic mass is 16.2. The molecule has 5 heteroatoms. The summed E-state index contributed by atoms with van der Waals surface area (Å²) >= 11 is 0. The van der Waals surface area contributed by atoms with Crippen molar-refractivity contribution in [3.05, 3.63) is 0 Å². The van der Waals surface area contributed by atoms with Crippen molar-refractivity contribution in [1.29, 1.82) is 0 Å². The van der Waals surface area contributed by atoms with E-state index in [2.05, 4.69) is 22.2 Å². The van der Waals surface area contributed by atoms with Crippen LogP contribution >= 0.6 is 0 Å². The molecule has 0 unspecified atom stereocenters. The van der Waals surface area contributed by atoms with Gasteiger partial charge in [0.25, 0.3) is 0 Å². The second-order valence-electron chi connectivity index (χ2n) is 4.53. The largest absolute Gasteiger partial charge is 0.339 e. The zero-order valence-corrected chi connectivity index (χ0v) is 10.7. The Morgan fingerprint density at radius 2 is 1.94 bits per heavy atom. The number of nitrogens with zero attached hydrogens (tertiary/aromatic N) is 3. The van der Waals surface area contributed by atoms with Gasteiger partial charge >= 0.3 is 0 Å². The molecular weight excluding hydrogens is 204 g/mol. The maximum absolute atomic E-state index is 11.9. The van der Waals surface area contributed by atoms with Gasteiger partial charge < -0.3 is 15.1 Å². The number of hydrogen-bond acceptors (Lipinski definition) is 4. The lowest BCUT2D eigenvalue weighted by Crippen LogP contribution is -2.50. The summed E-state index contributed by atoms with van der Waals surface area (Å²) in [5.74, 6) is 0.256. The molecule has 1 N–H and O–H groups in total. The van der Waals surface area contributed by atoms with Gasteiger partial charge in [0.05, 0.1) is 6.54 Å². The van der Waals surface area contributed by atoms with E-state index >= 15 is 0 Å². The maximum atomic E-state index is 11.9. The topological polar surface area (TPSA) is 38.8 Å². The summed E-state index contributed by atoms with van der Waals surface area (Å²) in [6.07, 6.45) is 0. The number of carbonyl (C=O) groups is 1. The SMILES string of the molecule is CNCCN(C)CC(=O)N1CCN(C)CC1. The summed E-state index contributed by atoms with van der Waals surface area (Å²) in [7, 11) is 6.02. The molecule has 0 radical (unpaired) electrons. The fourth-order valence-electron chi connectivity index (χ4n) is 1.77. The van der Waals surface area contributed by atoms with Crippen LogP contribution in [0.3, 0.4) is 0 Å². The minimum Gasteiger partial charge on any atom is -0.339 e. The molecule has 94 valence electrons. The van der Waals surface area contributed by atoms with Crippen molar-refractivity contribution in [1.82, 2.24) is 20.0 Å². The number of rotatable bonds is 5. The van der Waals surface area contributed by atoms with E-state index in [0.717, 1.165) is 39.3 Å². The van der Waals surface area contributed by atoms with Crippen molar-refractivity contribution >= 4 is 5.91 Å². The van der Waals surface area contributed by atoms with Gasteiger partial charge in [-0.05, 0) is 21.1 Å². The third kappa shape index (κ3) is 4.47. The Labute approximate surface area is 98.4 Å². The second-order valence-corrected chi connectivity index (χ2v) is 4.53. The summed E-state index contributed by atoms with van der Waals surface area (Å²) in [6.45, 7) is 6.09. The lowest BCUT2D eigenvalue weighted by atomic mass is 10.3. The van der Waals surface area contributed by atoms with Crippen LogP contribution in [-0.4, -0.2) is 87.6 Å². The second kappa shape index (κ2) is 6.83. The molecule has 1 aliphatic heterocycles. The highest BCUT2D eigenvalue weighted by Crippen LogP contribution is 2.00. The van der Waals surface area contributed by atoms with Crippen molar-refractivity contribution in [2.75, 3.05) is 67.0 Å². The molecule has 0 atom stereocenters. The van der Waals surface area contributed by atoms with Crippen molar-refractivity contribution in [2.45, 2.75) is 0 Å². The molecule has 16 heavy (non-hydrogen) atoms. The molecule has 0 spiro atoms. The van der Waals surface area contributed by atoms with E-state index < -0.39 is 0 Å². The first kappa shape index (κ1) is 13.4. The number of nitrogens with one attached hydrogen (secondary N) is 1. The van der Waals surface area contributed by atoms with Crippen LogP contribution in [-0.2, 0) is 4.79 Å². The van der Waals surface area contributed by atoms with Crippen LogP contribution in [0.15, 0.2) is 0 Å². The number of amides is 1. The van der Waals surface area contributed by atoms with Crippen LogP contribution in [0.25, 0.3) is 0 Å². The quantitative estimate of drug-likeness (QED) is 0.649. The molecule has 5 nitrogen and oxygen atoms in total. The van der Waals surface area contributed by atoms with Crippen LogP contribution in [0.1, 0.15) is 0 Å². The summed E-state index contributed by atoms with van der Waals surface area (Å²) in [5.41, 5.74) is 0. The predicted octanol–water partition coefficient (Wildman–Crippen LogP) is -1.09. The Hall–Kier alpha value is -0.650. The van der Waals surface area contributed by atoms with Crippen molar-refractivity contribution in [3.8, 4) is 0 Å². The van der Waals surface area contributed by atoms with E-state index in [0.29, 0.717) is 6.54 Å². The molecule has 1 heterocycles. The highest BCUT2D eigenvalue weighted by Gasteiger charge is 2.19. The Morgan fingerprint density at radius 1 is 1.31 bits per heavy atom. The monoisotopic (exact) mass is 228 g/mol. The first-order valence-electron chi connectivity index (χ1n) is 5.93. The molecule has 1 aliphatic rings. The number of carbonyl (C=O) groups excluding carboxylic acids is 1. The van der Waals surface area contributed by atoms with Gasteiger partial charge in [-0.1, -0.05) is 0 Å². The summed E-state index contributed by atoms with van der Waals surface area (Å²) in [6, 6.07) is 0. The third-order valence-electron chi connectivity index (χ3n) is 3.00. The molecule has 1 rings (SSSR count). The van der Waals surface area contributed by atoms with Gasteiger partial charge in [-0.3, -0.25) is 9.69 Å². The van der Waals surface area contributed by atoms with Crippen molar-refractivity contribution in [2.24, 2.45) is 0 Å². The minimum atomic E-state index is 0.256. The summed E-state index contributed by atoms with van der Waals surface area (Å²) in [5, 5.41) is 3.08. The van der Waals surface area contributed by atoms with E-state index in [1.54, 1.807) is 0 Å². The number of piperazine rings is 1. The van der Waals surface area contributed by atoms with E-state index in [9.17, 15) is 4.79 Å². The van der Waals surface area contributed by atoms with Crippen molar-refractivity contribution < 1.29 is 4.79 Å². The zero-order valence-electron chi connectivity index (χ0n) is 10.7. The lowest BCUT2D eigenvalue weighted by molar-refractivity contribution is -0.133.